The van der Waals surface area contributed by atoms with E-state index in [0.29, 0.717) is 25.0 Å². The Morgan fingerprint density at radius 2 is 1.89 bits per heavy atom. The Hall–Kier alpha value is -1.68. The number of rotatable bonds is 9. The monoisotopic (exact) mass is 504 g/mol. The summed E-state index contributed by atoms with van der Waals surface area (Å²) in [4.78, 5) is 4.21. The van der Waals surface area contributed by atoms with E-state index in [1.165, 1.54) is 12.1 Å². The summed E-state index contributed by atoms with van der Waals surface area (Å²) in [6.45, 7) is 5.29. The summed E-state index contributed by atoms with van der Waals surface area (Å²) in [5.74, 6) is 1.55. The van der Waals surface area contributed by atoms with E-state index in [1.807, 2.05) is 6.07 Å². The van der Waals surface area contributed by atoms with Gasteiger partial charge in [0.05, 0.1) is 18.3 Å². The van der Waals surface area contributed by atoms with E-state index in [-0.39, 0.29) is 35.9 Å². The van der Waals surface area contributed by atoms with Gasteiger partial charge in [-0.3, -0.25) is 4.99 Å². The maximum atomic E-state index is 13.1. The molecule has 1 atom stereocenters. The number of hydrogen-bond acceptors (Lipinski definition) is 4. The number of nitrogens with one attached hydrogen (secondary N) is 2. The minimum absolute atomic E-state index is 0. The lowest BCUT2D eigenvalue weighted by atomic mass is 9.99. The molecule has 0 aliphatic carbocycles. The second-order valence-electron chi connectivity index (χ2n) is 6.31. The lowest BCUT2D eigenvalue weighted by Crippen LogP contribution is -2.39. The number of methoxy groups -OCH3 is 1. The van der Waals surface area contributed by atoms with Gasteiger partial charge in [-0.05, 0) is 30.5 Å². The maximum Gasteiger partial charge on any atom is 0.191 e. The molecule has 0 saturated carbocycles. The molecule has 6 nitrogen and oxygen atoms in total. The van der Waals surface area contributed by atoms with Gasteiger partial charge in [-0.25, -0.2) is 4.39 Å². The molecule has 1 unspecified atom stereocenters. The highest BCUT2D eigenvalue weighted by Crippen LogP contribution is 2.22. The van der Waals surface area contributed by atoms with Crippen LogP contribution >= 0.6 is 24.0 Å². The second-order valence-corrected chi connectivity index (χ2v) is 6.31. The van der Waals surface area contributed by atoms with Crippen molar-refractivity contribution in [3.63, 3.8) is 0 Å². The zero-order valence-electron chi connectivity index (χ0n) is 16.9. The molecule has 0 aliphatic heterocycles. The minimum atomic E-state index is -0.265. The third kappa shape index (κ3) is 7.05. The van der Waals surface area contributed by atoms with Crippen molar-refractivity contribution < 1.29 is 13.7 Å². The van der Waals surface area contributed by atoms with E-state index >= 15 is 0 Å². The van der Waals surface area contributed by atoms with Crippen LogP contribution in [0, 0.1) is 5.82 Å². The number of aliphatic imine (C=N–C) groups is 1. The molecular weight excluding hydrogens is 474 g/mol. The summed E-state index contributed by atoms with van der Waals surface area (Å²) in [5.41, 5.74) is 1.89. The molecule has 0 amide bonds. The summed E-state index contributed by atoms with van der Waals surface area (Å²) in [7, 11) is 3.32. The first-order valence-electron chi connectivity index (χ1n) is 9.29. The molecule has 0 bridgehead atoms. The molecule has 2 N–H and O–H groups in total. The van der Waals surface area contributed by atoms with Crippen LogP contribution in [-0.2, 0) is 11.3 Å². The molecule has 0 fully saturated rings. The fourth-order valence-corrected chi connectivity index (χ4v) is 2.91. The number of hydrogen-bond donors (Lipinski definition) is 2. The van der Waals surface area contributed by atoms with E-state index in [4.69, 9.17) is 9.26 Å². The first-order chi connectivity index (χ1) is 13.1. The number of guanidine groups is 1. The number of ether oxygens (including phenoxy) is 1. The average Bonchev–Trinajstić information content (AvgIpc) is 3.15. The molecule has 0 spiro atoms. The Labute approximate surface area is 183 Å². The van der Waals surface area contributed by atoms with Crippen LogP contribution in [0.3, 0.4) is 0 Å². The normalized spacial score (nSPS) is 12.6. The van der Waals surface area contributed by atoms with Crippen molar-refractivity contribution in [3.05, 3.63) is 53.2 Å². The van der Waals surface area contributed by atoms with Gasteiger partial charge in [-0.2, -0.15) is 0 Å². The van der Waals surface area contributed by atoms with Crippen LogP contribution in [0.2, 0.25) is 0 Å². The molecule has 2 rings (SSSR count). The molecule has 1 aromatic heterocycles. The zero-order valence-corrected chi connectivity index (χ0v) is 19.2. The van der Waals surface area contributed by atoms with E-state index in [2.05, 4.69) is 34.6 Å². The highest BCUT2D eigenvalue weighted by molar-refractivity contribution is 14.0. The molecular formula is C20H30FIN4O2. The highest BCUT2D eigenvalue weighted by atomic mass is 127. The Morgan fingerprint density at radius 3 is 2.46 bits per heavy atom. The molecule has 156 valence electrons. The lowest BCUT2D eigenvalue weighted by Gasteiger charge is -2.18. The minimum Gasteiger partial charge on any atom is -0.375 e. The van der Waals surface area contributed by atoms with Gasteiger partial charge < -0.3 is 19.9 Å². The van der Waals surface area contributed by atoms with Gasteiger partial charge in [0.15, 0.2) is 11.7 Å². The van der Waals surface area contributed by atoms with E-state index in [9.17, 15) is 4.39 Å². The molecule has 2 aromatic rings. The number of nitrogens with zero attached hydrogens (tertiary/aromatic N) is 2. The van der Waals surface area contributed by atoms with Crippen LogP contribution < -0.4 is 10.6 Å². The summed E-state index contributed by atoms with van der Waals surface area (Å²) < 4.78 is 24.0. The van der Waals surface area contributed by atoms with Crippen LogP contribution in [0.25, 0.3) is 0 Å². The van der Waals surface area contributed by atoms with E-state index < -0.39 is 0 Å². The number of halogens is 2. The molecule has 0 saturated heterocycles. The van der Waals surface area contributed by atoms with Gasteiger partial charge in [-0.1, -0.05) is 31.1 Å². The maximum absolute atomic E-state index is 13.1. The van der Waals surface area contributed by atoms with Crippen LogP contribution in [0.5, 0.6) is 0 Å². The third-order valence-electron chi connectivity index (χ3n) is 4.62. The van der Waals surface area contributed by atoms with E-state index in [1.54, 1.807) is 26.3 Å². The van der Waals surface area contributed by atoms with Crippen molar-refractivity contribution in [1.29, 1.82) is 0 Å². The largest absolute Gasteiger partial charge is 0.375 e. The first kappa shape index (κ1) is 24.4. The smallest absolute Gasteiger partial charge is 0.191 e. The fourth-order valence-electron chi connectivity index (χ4n) is 2.91. The van der Waals surface area contributed by atoms with Crippen molar-refractivity contribution in [2.75, 3.05) is 20.7 Å². The second kappa shape index (κ2) is 12.7. The Kier molecular flexibility index (Phi) is 11.1. The third-order valence-corrected chi connectivity index (χ3v) is 4.62. The van der Waals surface area contributed by atoms with Gasteiger partial charge >= 0.3 is 0 Å². The van der Waals surface area contributed by atoms with Gasteiger partial charge in [0, 0.05) is 32.7 Å². The number of aromatic nitrogens is 1. The van der Waals surface area contributed by atoms with Gasteiger partial charge in [0.1, 0.15) is 5.82 Å². The summed E-state index contributed by atoms with van der Waals surface area (Å²) in [6.07, 6.45) is 1.87. The highest BCUT2D eigenvalue weighted by Gasteiger charge is 2.14. The quantitative estimate of drug-likeness (QED) is 0.301. The lowest BCUT2D eigenvalue weighted by molar-refractivity contribution is 0.106. The summed E-state index contributed by atoms with van der Waals surface area (Å²) >= 11 is 0. The summed E-state index contributed by atoms with van der Waals surface area (Å²) in [5, 5.41) is 10.6. The fraction of sp³-hybridized carbons (Fsp3) is 0.500. The Balaban J connectivity index is 0.00000392. The zero-order chi connectivity index (χ0) is 19.6. The standard InChI is InChI=1S/C20H29FN4O2.HI/c1-5-14(6-2)18-11-17(27-25-18)12-23-20(22-3)24-13-19(26-4)15-7-9-16(21)10-8-15;/h7-11,14,19H,5-6,12-13H2,1-4H3,(H2,22,23,24);1H. The first-order valence-corrected chi connectivity index (χ1v) is 9.29. The molecule has 8 heteroatoms. The molecule has 0 aliphatic rings. The van der Waals surface area contributed by atoms with Gasteiger partial charge in [-0.15, -0.1) is 24.0 Å². The predicted octanol–water partition coefficient (Wildman–Crippen LogP) is 4.39. The van der Waals surface area contributed by atoms with Crippen molar-refractivity contribution in [3.8, 4) is 0 Å². The van der Waals surface area contributed by atoms with Crippen molar-refractivity contribution in [2.45, 2.75) is 45.3 Å². The SMILES string of the molecule is CCC(CC)c1cc(CNC(=NC)NCC(OC)c2ccc(F)cc2)on1.I. The van der Waals surface area contributed by atoms with Gasteiger partial charge in [0.2, 0.25) is 0 Å². The van der Waals surface area contributed by atoms with Crippen molar-refractivity contribution in [1.82, 2.24) is 15.8 Å². The number of benzene rings is 1. The van der Waals surface area contributed by atoms with Crippen LogP contribution in [0.15, 0.2) is 39.8 Å². The topological polar surface area (TPSA) is 71.7 Å². The Morgan fingerprint density at radius 1 is 1.21 bits per heavy atom. The Bertz CT molecular complexity index is 717. The molecule has 1 aromatic carbocycles. The van der Waals surface area contributed by atoms with E-state index in [0.717, 1.165) is 29.9 Å². The molecule has 0 radical (unpaired) electrons. The van der Waals surface area contributed by atoms with Crippen LogP contribution in [0.4, 0.5) is 4.39 Å². The predicted molar refractivity (Wildman–Crippen MR) is 120 cm³/mol. The average molecular weight is 504 g/mol. The van der Waals surface area contributed by atoms with Gasteiger partial charge in [0.25, 0.3) is 0 Å². The van der Waals surface area contributed by atoms with Crippen LogP contribution in [0.1, 0.15) is 55.7 Å². The molecule has 28 heavy (non-hydrogen) atoms. The molecule has 1 heterocycles. The summed E-state index contributed by atoms with van der Waals surface area (Å²) in [6, 6.07) is 8.28. The van der Waals surface area contributed by atoms with Crippen molar-refractivity contribution in [2.24, 2.45) is 4.99 Å². The van der Waals surface area contributed by atoms with Crippen molar-refractivity contribution >= 4 is 29.9 Å². The van der Waals surface area contributed by atoms with Crippen LogP contribution in [-0.4, -0.2) is 31.8 Å².